The highest BCUT2D eigenvalue weighted by Crippen LogP contribution is 2.23. The molecule has 0 saturated carbocycles. The van der Waals surface area contributed by atoms with Gasteiger partial charge in [0.15, 0.2) is 0 Å². The standard InChI is InChI=1S/C22H21N3O2S/c1-25(14-16-4-2-6-19(12-16)21(23)26)22(27)18-7-9-20(10-8-18)28-15-17-5-3-11-24-13-17/h2-13H,14-15H2,1H3,(H2,23,26). The van der Waals surface area contributed by atoms with Gasteiger partial charge in [0.1, 0.15) is 0 Å². The van der Waals surface area contributed by atoms with E-state index in [1.54, 1.807) is 48.1 Å². The van der Waals surface area contributed by atoms with E-state index < -0.39 is 5.91 Å². The van der Waals surface area contributed by atoms with Crippen LogP contribution in [-0.4, -0.2) is 28.7 Å². The number of benzene rings is 2. The first-order valence-electron chi connectivity index (χ1n) is 8.79. The Kier molecular flexibility index (Phi) is 6.45. The van der Waals surface area contributed by atoms with Crippen LogP contribution in [0.15, 0.2) is 78.0 Å². The summed E-state index contributed by atoms with van der Waals surface area (Å²) in [5.41, 5.74) is 8.39. The van der Waals surface area contributed by atoms with Crippen molar-refractivity contribution in [2.45, 2.75) is 17.2 Å². The summed E-state index contributed by atoms with van der Waals surface area (Å²) in [5, 5.41) is 0. The van der Waals surface area contributed by atoms with Crippen LogP contribution in [0.5, 0.6) is 0 Å². The van der Waals surface area contributed by atoms with E-state index >= 15 is 0 Å². The molecule has 0 bridgehead atoms. The zero-order valence-corrected chi connectivity index (χ0v) is 16.4. The highest BCUT2D eigenvalue weighted by Gasteiger charge is 2.13. The molecular formula is C22H21N3O2S. The second-order valence-electron chi connectivity index (χ2n) is 6.40. The number of carbonyl (C=O) groups excluding carboxylic acids is 2. The molecule has 3 aromatic rings. The lowest BCUT2D eigenvalue weighted by atomic mass is 10.1. The maximum Gasteiger partial charge on any atom is 0.253 e. The summed E-state index contributed by atoms with van der Waals surface area (Å²) in [6, 6.07) is 18.6. The Hall–Kier alpha value is -3.12. The summed E-state index contributed by atoms with van der Waals surface area (Å²) in [7, 11) is 1.74. The van der Waals surface area contributed by atoms with Crippen LogP contribution in [0.4, 0.5) is 0 Å². The van der Waals surface area contributed by atoms with Crippen molar-refractivity contribution in [3.8, 4) is 0 Å². The topological polar surface area (TPSA) is 76.3 Å². The van der Waals surface area contributed by atoms with Gasteiger partial charge in [0, 0.05) is 47.8 Å². The van der Waals surface area contributed by atoms with Gasteiger partial charge in [0.2, 0.25) is 5.91 Å². The summed E-state index contributed by atoms with van der Waals surface area (Å²) in [6.07, 6.45) is 3.61. The zero-order valence-electron chi connectivity index (χ0n) is 15.5. The molecule has 0 aliphatic carbocycles. The van der Waals surface area contributed by atoms with Crippen molar-refractivity contribution < 1.29 is 9.59 Å². The number of pyridine rings is 1. The highest BCUT2D eigenvalue weighted by molar-refractivity contribution is 7.98. The van der Waals surface area contributed by atoms with Gasteiger partial charge in [-0.05, 0) is 53.6 Å². The van der Waals surface area contributed by atoms with Crippen molar-refractivity contribution >= 4 is 23.6 Å². The second kappa shape index (κ2) is 9.19. The van der Waals surface area contributed by atoms with E-state index in [1.807, 2.05) is 48.7 Å². The van der Waals surface area contributed by atoms with Gasteiger partial charge in [-0.1, -0.05) is 18.2 Å². The van der Waals surface area contributed by atoms with Crippen LogP contribution in [0.25, 0.3) is 0 Å². The maximum absolute atomic E-state index is 12.7. The fourth-order valence-electron chi connectivity index (χ4n) is 2.73. The molecule has 1 aromatic heterocycles. The van der Waals surface area contributed by atoms with Gasteiger partial charge in [-0.15, -0.1) is 11.8 Å². The first-order valence-corrected chi connectivity index (χ1v) is 9.77. The number of hydrogen-bond donors (Lipinski definition) is 1. The predicted octanol–water partition coefficient (Wildman–Crippen LogP) is 3.75. The number of amides is 2. The van der Waals surface area contributed by atoms with Crippen LogP contribution >= 0.6 is 11.8 Å². The summed E-state index contributed by atoms with van der Waals surface area (Å²) >= 11 is 1.70. The third-order valence-corrected chi connectivity index (χ3v) is 5.29. The summed E-state index contributed by atoms with van der Waals surface area (Å²) in [6.45, 7) is 0.400. The second-order valence-corrected chi connectivity index (χ2v) is 7.45. The van der Waals surface area contributed by atoms with Crippen LogP contribution in [0, 0.1) is 0 Å². The van der Waals surface area contributed by atoms with Gasteiger partial charge in [0.25, 0.3) is 5.91 Å². The zero-order chi connectivity index (χ0) is 19.9. The Morgan fingerprint density at radius 3 is 2.43 bits per heavy atom. The minimum atomic E-state index is -0.477. The molecule has 0 aliphatic rings. The van der Waals surface area contributed by atoms with Crippen molar-refractivity contribution in [3.05, 3.63) is 95.3 Å². The molecule has 0 spiro atoms. The molecule has 142 valence electrons. The van der Waals surface area contributed by atoms with Crippen LogP contribution in [0.2, 0.25) is 0 Å². The average Bonchev–Trinajstić information content (AvgIpc) is 2.73. The van der Waals surface area contributed by atoms with E-state index in [9.17, 15) is 9.59 Å². The fourth-order valence-corrected chi connectivity index (χ4v) is 3.57. The molecule has 0 aliphatic heterocycles. The third-order valence-electron chi connectivity index (χ3n) is 4.21. The number of primary amides is 1. The predicted molar refractivity (Wildman–Crippen MR) is 111 cm³/mol. The van der Waals surface area contributed by atoms with Crippen molar-refractivity contribution in [1.82, 2.24) is 9.88 Å². The molecule has 1 heterocycles. The molecule has 0 saturated heterocycles. The lowest BCUT2D eigenvalue weighted by Gasteiger charge is -2.18. The van der Waals surface area contributed by atoms with Crippen molar-refractivity contribution in [1.29, 1.82) is 0 Å². The Balaban J connectivity index is 1.60. The number of aromatic nitrogens is 1. The molecule has 0 atom stereocenters. The van der Waals surface area contributed by atoms with Crippen LogP contribution in [0.3, 0.4) is 0 Å². The molecule has 3 rings (SSSR count). The van der Waals surface area contributed by atoms with Gasteiger partial charge in [-0.25, -0.2) is 0 Å². The van der Waals surface area contributed by atoms with E-state index in [-0.39, 0.29) is 5.91 Å². The SMILES string of the molecule is CN(Cc1cccc(C(N)=O)c1)C(=O)c1ccc(SCc2cccnc2)cc1. The molecule has 0 unspecified atom stereocenters. The van der Waals surface area contributed by atoms with E-state index in [1.165, 1.54) is 0 Å². The number of carbonyl (C=O) groups is 2. The van der Waals surface area contributed by atoms with Gasteiger partial charge < -0.3 is 10.6 Å². The Bertz CT molecular complexity index is 959. The van der Waals surface area contributed by atoms with Gasteiger partial charge in [-0.2, -0.15) is 0 Å². The smallest absolute Gasteiger partial charge is 0.253 e. The quantitative estimate of drug-likeness (QED) is 0.623. The number of hydrogen-bond acceptors (Lipinski definition) is 4. The molecule has 2 N–H and O–H groups in total. The van der Waals surface area contributed by atoms with E-state index in [0.29, 0.717) is 17.7 Å². The molecule has 0 radical (unpaired) electrons. The molecule has 28 heavy (non-hydrogen) atoms. The molecule has 5 nitrogen and oxygen atoms in total. The summed E-state index contributed by atoms with van der Waals surface area (Å²) in [4.78, 5) is 30.8. The number of thioether (sulfide) groups is 1. The van der Waals surface area contributed by atoms with E-state index in [0.717, 1.165) is 21.8 Å². The average molecular weight is 391 g/mol. The van der Waals surface area contributed by atoms with Crippen molar-refractivity contribution in [2.24, 2.45) is 5.73 Å². The first kappa shape index (κ1) is 19.6. The van der Waals surface area contributed by atoms with E-state index in [2.05, 4.69) is 4.98 Å². The number of nitrogens with two attached hydrogens (primary N) is 1. The minimum Gasteiger partial charge on any atom is -0.366 e. The van der Waals surface area contributed by atoms with Crippen LogP contribution < -0.4 is 5.73 Å². The number of rotatable bonds is 7. The van der Waals surface area contributed by atoms with Gasteiger partial charge in [0.05, 0.1) is 0 Å². The third kappa shape index (κ3) is 5.20. The van der Waals surface area contributed by atoms with Crippen LogP contribution in [0.1, 0.15) is 31.8 Å². The summed E-state index contributed by atoms with van der Waals surface area (Å²) < 4.78 is 0. The van der Waals surface area contributed by atoms with Crippen LogP contribution in [-0.2, 0) is 12.3 Å². The fraction of sp³-hybridized carbons (Fsp3) is 0.136. The summed E-state index contributed by atoms with van der Waals surface area (Å²) in [5.74, 6) is 0.278. The molecule has 6 heteroatoms. The molecule has 2 amide bonds. The molecular weight excluding hydrogens is 370 g/mol. The minimum absolute atomic E-state index is 0.0757. The Labute approximate surface area is 168 Å². The van der Waals surface area contributed by atoms with Crippen molar-refractivity contribution in [3.63, 3.8) is 0 Å². The van der Waals surface area contributed by atoms with Gasteiger partial charge >= 0.3 is 0 Å². The highest BCUT2D eigenvalue weighted by atomic mass is 32.2. The largest absolute Gasteiger partial charge is 0.366 e. The molecule has 2 aromatic carbocycles. The maximum atomic E-state index is 12.7. The Morgan fingerprint density at radius 2 is 1.75 bits per heavy atom. The Morgan fingerprint density at radius 1 is 1.00 bits per heavy atom. The number of nitrogens with zero attached hydrogens (tertiary/aromatic N) is 2. The molecule has 0 fully saturated rings. The lowest BCUT2D eigenvalue weighted by molar-refractivity contribution is 0.0785. The monoisotopic (exact) mass is 391 g/mol. The van der Waals surface area contributed by atoms with Gasteiger partial charge in [-0.3, -0.25) is 14.6 Å². The normalized spacial score (nSPS) is 10.5. The van der Waals surface area contributed by atoms with Crippen molar-refractivity contribution in [2.75, 3.05) is 7.05 Å². The first-order chi connectivity index (χ1) is 13.5. The van der Waals surface area contributed by atoms with E-state index in [4.69, 9.17) is 5.73 Å². The lowest BCUT2D eigenvalue weighted by Crippen LogP contribution is -2.26.